The summed E-state index contributed by atoms with van der Waals surface area (Å²) in [5.74, 6) is 1.24. The summed E-state index contributed by atoms with van der Waals surface area (Å²) in [7, 11) is 1.68. The highest BCUT2D eigenvalue weighted by Gasteiger charge is 2.27. The molecule has 0 unspecified atom stereocenters. The van der Waals surface area contributed by atoms with Crippen LogP contribution in [0.4, 0.5) is 5.69 Å². The topological polar surface area (TPSA) is 82.4 Å². The molecule has 3 aromatic rings. The van der Waals surface area contributed by atoms with Crippen LogP contribution in [0, 0.1) is 13.8 Å². The fraction of sp³-hybridized carbons (Fsp3) is 0.462. The van der Waals surface area contributed by atoms with Crippen molar-refractivity contribution in [1.29, 1.82) is 0 Å². The first kappa shape index (κ1) is 23.9. The number of hydrogen-bond donors (Lipinski definition) is 0. The fourth-order valence-corrected chi connectivity index (χ4v) is 4.11. The summed E-state index contributed by atoms with van der Waals surface area (Å²) in [4.78, 5) is 16.9. The fourth-order valence-electron chi connectivity index (χ4n) is 4.11. The van der Waals surface area contributed by atoms with Crippen LogP contribution >= 0.6 is 0 Å². The number of aryl methyl sites for hydroxylation is 2. The molecular weight excluding hydrogens is 430 g/mol. The highest BCUT2D eigenvalue weighted by molar-refractivity contribution is 5.97. The number of anilines is 1. The van der Waals surface area contributed by atoms with Crippen LogP contribution in [0.2, 0.25) is 0 Å². The Bertz CT molecular complexity index is 1190. The number of carbonyl (C=O) groups excluding carboxylic acids is 1. The van der Waals surface area contributed by atoms with Crippen LogP contribution in [0.15, 0.2) is 30.3 Å². The third-order valence-electron chi connectivity index (χ3n) is 6.26. The average Bonchev–Trinajstić information content (AvgIpc) is 3.28. The van der Waals surface area contributed by atoms with Crippen molar-refractivity contribution in [1.82, 2.24) is 20.2 Å². The Hall–Kier alpha value is -3.26. The Morgan fingerprint density at radius 3 is 2.47 bits per heavy atom. The molecule has 4 rings (SSSR count). The zero-order valence-corrected chi connectivity index (χ0v) is 20.9. The Morgan fingerprint density at radius 2 is 1.82 bits per heavy atom. The van der Waals surface area contributed by atoms with Gasteiger partial charge >= 0.3 is 0 Å². The minimum atomic E-state index is -0.204. The quantitative estimate of drug-likeness (QED) is 0.511. The summed E-state index contributed by atoms with van der Waals surface area (Å²) in [5.41, 5.74) is 5.57. The summed E-state index contributed by atoms with van der Waals surface area (Å²) in [6.45, 7) is 13.3. The second-order valence-electron chi connectivity index (χ2n) is 9.79. The molecule has 1 aliphatic rings. The molecule has 0 N–H and O–H groups in total. The maximum Gasteiger partial charge on any atom is 0.204 e. The lowest BCUT2D eigenvalue weighted by Gasteiger charge is -2.33. The molecule has 1 aromatic heterocycles. The van der Waals surface area contributed by atoms with E-state index in [9.17, 15) is 4.79 Å². The molecule has 1 fully saturated rings. The van der Waals surface area contributed by atoms with E-state index >= 15 is 0 Å². The minimum Gasteiger partial charge on any atom is -0.494 e. The van der Waals surface area contributed by atoms with E-state index in [2.05, 4.69) is 54.9 Å². The van der Waals surface area contributed by atoms with Gasteiger partial charge in [0.05, 0.1) is 26.0 Å². The molecule has 0 atom stereocenters. The summed E-state index contributed by atoms with van der Waals surface area (Å²) >= 11 is 0. The van der Waals surface area contributed by atoms with E-state index in [1.807, 2.05) is 30.3 Å². The highest BCUT2D eigenvalue weighted by atomic mass is 16.5. The Balaban J connectivity index is 1.65. The number of methoxy groups -OCH3 is 1. The summed E-state index contributed by atoms with van der Waals surface area (Å²) < 4.78 is 11.4. The molecule has 8 nitrogen and oxygen atoms in total. The Labute approximate surface area is 200 Å². The molecule has 0 spiro atoms. The van der Waals surface area contributed by atoms with Gasteiger partial charge in [0.25, 0.3) is 0 Å². The van der Waals surface area contributed by atoms with Gasteiger partial charge in [-0.1, -0.05) is 32.9 Å². The van der Waals surface area contributed by atoms with Crippen LogP contribution in [0.1, 0.15) is 47.8 Å². The second kappa shape index (κ2) is 9.54. The monoisotopic (exact) mass is 463 g/mol. The van der Waals surface area contributed by atoms with Gasteiger partial charge in [-0.2, -0.15) is 4.80 Å². The molecule has 0 saturated carbocycles. The smallest absolute Gasteiger partial charge is 0.204 e. The van der Waals surface area contributed by atoms with E-state index in [1.54, 1.807) is 7.11 Å². The molecule has 2 aromatic carbocycles. The first-order valence-corrected chi connectivity index (χ1v) is 11.6. The number of ketones is 1. The maximum atomic E-state index is 13.4. The number of tetrazole rings is 1. The van der Waals surface area contributed by atoms with Crippen molar-refractivity contribution in [3.05, 3.63) is 52.6 Å². The standard InChI is InChI=1S/C26H33N5O3/c1-17-7-8-19(13-18(17)2)25-27-29-31(28-25)16-23(32)20-14-21(26(3,4)5)24(33-6)22(15-20)30-9-11-34-12-10-30/h7-8,13-15H,9-12,16H2,1-6H3. The minimum absolute atomic E-state index is 0.0102. The van der Waals surface area contributed by atoms with Gasteiger partial charge in [0.1, 0.15) is 12.3 Å². The number of Topliss-reactive ketones (excluding diaryl/α,β-unsaturated/α-hetero) is 1. The van der Waals surface area contributed by atoms with Gasteiger partial charge in [-0.15, -0.1) is 10.2 Å². The van der Waals surface area contributed by atoms with Crippen LogP contribution in [-0.2, 0) is 16.7 Å². The van der Waals surface area contributed by atoms with Crippen molar-refractivity contribution in [3.63, 3.8) is 0 Å². The molecule has 8 heteroatoms. The number of ether oxygens (including phenoxy) is 2. The van der Waals surface area contributed by atoms with Crippen LogP contribution in [-0.4, -0.2) is 59.4 Å². The van der Waals surface area contributed by atoms with Crippen molar-refractivity contribution in [2.45, 2.75) is 46.6 Å². The van der Waals surface area contributed by atoms with Crippen LogP contribution in [0.5, 0.6) is 5.75 Å². The van der Waals surface area contributed by atoms with E-state index in [1.165, 1.54) is 10.4 Å². The Morgan fingerprint density at radius 1 is 1.09 bits per heavy atom. The lowest BCUT2D eigenvalue weighted by atomic mass is 9.84. The zero-order chi connectivity index (χ0) is 24.5. The molecule has 0 amide bonds. The van der Waals surface area contributed by atoms with Gasteiger partial charge in [0.15, 0.2) is 5.78 Å². The number of morpholine rings is 1. The molecule has 1 aliphatic heterocycles. The first-order valence-electron chi connectivity index (χ1n) is 11.6. The van der Waals surface area contributed by atoms with Gasteiger partial charge in [0.2, 0.25) is 5.82 Å². The molecule has 34 heavy (non-hydrogen) atoms. The van der Waals surface area contributed by atoms with Crippen molar-refractivity contribution in [2.24, 2.45) is 0 Å². The molecular formula is C26H33N5O3. The number of nitrogens with zero attached hydrogens (tertiary/aromatic N) is 5. The van der Waals surface area contributed by atoms with Gasteiger partial charge in [-0.25, -0.2) is 0 Å². The third kappa shape index (κ3) is 4.97. The predicted molar refractivity (Wildman–Crippen MR) is 132 cm³/mol. The number of rotatable bonds is 6. The van der Waals surface area contributed by atoms with Crippen molar-refractivity contribution in [2.75, 3.05) is 38.3 Å². The van der Waals surface area contributed by atoms with Gasteiger partial charge in [-0.3, -0.25) is 4.79 Å². The van der Waals surface area contributed by atoms with Crippen LogP contribution in [0.3, 0.4) is 0 Å². The molecule has 2 heterocycles. The molecule has 0 bridgehead atoms. The van der Waals surface area contributed by atoms with Crippen LogP contribution < -0.4 is 9.64 Å². The molecule has 0 aliphatic carbocycles. The summed E-state index contributed by atoms with van der Waals surface area (Å²) in [5, 5.41) is 12.8. The zero-order valence-electron chi connectivity index (χ0n) is 20.9. The largest absolute Gasteiger partial charge is 0.494 e. The molecule has 0 radical (unpaired) electrons. The van der Waals surface area contributed by atoms with E-state index in [4.69, 9.17) is 9.47 Å². The maximum absolute atomic E-state index is 13.4. The van der Waals surface area contributed by atoms with Crippen LogP contribution in [0.25, 0.3) is 11.4 Å². The molecule has 1 saturated heterocycles. The summed E-state index contributed by atoms with van der Waals surface area (Å²) in [6, 6.07) is 9.90. The second-order valence-corrected chi connectivity index (χ2v) is 9.79. The van der Waals surface area contributed by atoms with E-state index < -0.39 is 0 Å². The number of aromatic nitrogens is 4. The average molecular weight is 464 g/mol. The predicted octanol–water partition coefficient (Wildman–Crippen LogP) is 3.98. The lowest BCUT2D eigenvalue weighted by Crippen LogP contribution is -2.37. The van der Waals surface area contributed by atoms with Gasteiger partial charge < -0.3 is 14.4 Å². The molecule has 180 valence electrons. The SMILES string of the molecule is COc1c(N2CCOCC2)cc(C(=O)Cn2nnc(-c3ccc(C)c(C)c3)n2)cc1C(C)(C)C. The van der Waals surface area contributed by atoms with Crippen molar-refractivity contribution in [3.8, 4) is 17.1 Å². The highest BCUT2D eigenvalue weighted by Crippen LogP contribution is 2.40. The first-order chi connectivity index (χ1) is 16.2. The third-order valence-corrected chi connectivity index (χ3v) is 6.26. The van der Waals surface area contributed by atoms with Crippen molar-refractivity contribution >= 4 is 11.5 Å². The van der Waals surface area contributed by atoms with Crippen molar-refractivity contribution < 1.29 is 14.3 Å². The van der Waals surface area contributed by atoms with E-state index in [0.717, 1.165) is 41.2 Å². The van der Waals surface area contributed by atoms with E-state index in [0.29, 0.717) is 24.6 Å². The van der Waals surface area contributed by atoms with Gasteiger partial charge in [-0.05, 0) is 53.8 Å². The lowest BCUT2D eigenvalue weighted by molar-refractivity contribution is 0.0961. The Kier molecular flexibility index (Phi) is 6.70. The number of benzene rings is 2. The number of hydrogen-bond acceptors (Lipinski definition) is 7. The van der Waals surface area contributed by atoms with E-state index in [-0.39, 0.29) is 17.7 Å². The van der Waals surface area contributed by atoms with Gasteiger partial charge in [0, 0.05) is 29.8 Å². The summed E-state index contributed by atoms with van der Waals surface area (Å²) in [6.07, 6.45) is 0. The normalized spacial score (nSPS) is 14.4. The number of carbonyl (C=O) groups is 1.